The summed E-state index contributed by atoms with van der Waals surface area (Å²) < 4.78 is 11.3. The minimum atomic E-state index is -2.66. The first-order valence-corrected chi connectivity index (χ1v) is 22.6. The number of carbonyl (C=O) groups is 2. The average Bonchev–Trinajstić information content (AvgIpc) is 2.90. The van der Waals surface area contributed by atoms with E-state index in [0.29, 0.717) is 13.0 Å². The zero-order valence-corrected chi connectivity index (χ0v) is 28.0. The van der Waals surface area contributed by atoms with Crippen LogP contribution in [0.15, 0.2) is 48.5 Å². The van der Waals surface area contributed by atoms with E-state index in [2.05, 4.69) is 44.3 Å². The minimum absolute atomic E-state index is 0.0808. The van der Waals surface area contributed by atoms with Crippen molar-refractivity contribution in [2.75, 3.05) is 4.90 Å². The Labute approximate surface area is 241 Å². The number of anilines is 1. The molecule has 0 aliphatic carbocycles. The van der Waals surface area contributed by atoms with Crippen molar-refractivity contribution in [3.63, 3.8) is 0 Å². The van der Waals surface area contributed by atoms with E-state index in [1.165, 1.54) is 57.4 Å². The summed E-state index contributed by atoms with van der Waals surface area (Å²) in [6.45, 7) is 12.9. The van der Waals surface area contributed by atoms with E-state index in [1.807, 2.05) is 56.0 Å². The van der Waals surface area contributed by atoms with E-state index in [0.717, 1.165) is 11.3 Å². The van der Waals surface area contributed by atoms with Gasteiger partial charge in [0.2, 0.25) is 0 Å². The number of ether oxygens (including phenoxy) is 1. The van der Waals surface area contributed by atoms with Crippen LogP contribution in [0.3, 0.4) is 0 Å². The molecule has 1 unspecified atom stereocenters. The molecule has 0 radical (unpaired) electrons. The summed E-state index contributed by atoms with van der Waals surface area (Å²) in [5, 5.41) is 2.91. The van der Waals surface area contributed by atoms with Gasteiger partial charge < -0.3 is 0 Å². The molecule has 2 aromatic carbocycles. The number of carbonyl (C=O) groups excluding carboxylic acids is 2. The third-order valence-corrected chi connectivity index (χ3v) is 23.5. The molecule has 0 aromatic heterocycles. The van der Waals surface area contributed by atoms with Gasteiger partial charge in [-0.25, -0.2) is 0 Å². The van der Waals surface area contributed by atoms with Crippen molar-refractivity contribution >= 4 is 39.6 Å². The van der Waals surface area contributed by atoms with E-state index in [9.17, 15) is 9.59 Å². The van der Waals surface area contributed by atoms with Crippen molar-refractivity contribution in [2.45, 2.75) is 118 Å². The van der Waals surface area contributed by atoms with Gasteiger partial charge in [-0.15, -0.1) is 0 Å². The fourth-order valence-corrected chi connectivity index (χ4v) is 21.9. The number of rotatable bonds is 13. The van der Waals surface area contributed by atoms with Crippen LogP contribution in [0.4, 0.5) is 10.5 Å². The molecular formula is C33H50N2O3Sn. The van der Waals surface area contributed by atoms with Crippen molar-refractivity contribution in [1.29, 1.82) is 0 Å². The van der Waals surface area contributed by atoms with Gasteiger partial charge >= 0.3 is 242 Å². The van der Waals surface area contributed by atoms with Crippen molar-refractivity contribution < 1.29 is 14.3 Å². The first kappa shape index (κ1) is 31.5. The number of hydrogen-bond acceptors (Lipinski definition) is 3. The van der Waals surface area contributed by atoms with Gasteiger partial charge in [0.1, 0.15) is 0 Å². The standard InChI is InChI=1S/C21H23N2O3.3C4H9.Sn/c1-21(2,3)26-20(25)22-17-13-16-11-7-8-12-18(16)23(19(17)24)14-15-9-5-4-6-10-15;3*1-3-4-2;/h4-6,8-12,17H,13-14H2,1-3H3,(H,22,25);3*1,3-4H2,2H3;. The molecule has 3 rings (SSSR count). The van der Waals surface area contributed by atoms with Gasteiger partial charge in [0.15, 0.2) is 0 Å². The van der Waals surface area contributed by atoms with Gasteiger partial charge in [-0.05, 0) is 0 Å². The number of nitrogens with one attached hydrogen (secondary N) is 1. The molecule has 1 heterocycles. The number of fused-ring (bicyclic) bond motifs is 1. The molecule has 0 bridgehead atoms. The summed E-state index contributed by atoms with van der Waals surface area (Å²) >= 11 is -2.66. The Kier molecular flexibility index (Phi) is 11.8. The van der Waals surface area contributed by atoms with Crippen LogP contribution < -0.4 is 13.8 Å². The summed E-state index contributed by atoms with van der Waals surface area (Å²) in [6, 6.07) is 16.5. The zero-order chi connectivity index (χ0) is 28.5. The molecule has 0 spiro atoms. The van der Waals surface area contributed by atoms with Crippen LogP contribution in [0.5, 0.6) is 0 Å². The normalized spacial score (nSPS) is 15.7. The number of alkyl carbamates (subject to hydrolysis) is 1. The molecule has 2 amide bonds. The Morgan fingerprint density at radius 2 is 1.54 bits per heavy atom. The van der Waals surface area contributed by atoms with Crippen LogP contribution in [0.25, 0.3) is 0 Å². The molecule has 1 aliphatic heterocycles. The first-order valence-electron chi connectivity index (χ1n) is 15.1. The monoisotopic (exact) mass is 642 g/mol. The Bertz CT molecular complexity index is 1060. The second-order valence-corrected chi connectivity index (χ2v) is 25.5. The predicted molar refractivity (Wildman–Crippen MR) is 165 cm³/mol. The fourth-order valence-electron chi connectivity index (χ4n) is 5.80. The summed E-state index contributed by atoms with van der Waals surface area (Å²) in [5.41, 5.74) is 2.61. The molecule has 0 saturated heterocycles. The van der Waals surface area contributed by atoms with Crippen LogP contribution in [0, 0.1) is 0 Å². The first-order chi connectivity index (χ1) is 18.6. The second-order valence-electron chi connectivity index (χ2n) is 12.2. The Hall–Kier alpha value is -2.02. The Morgan fingerprint density at radius 1 is 0.949 bits per heavy atom. The van der Waals surface area contributed by atoms with Crippen molar-refractivity contribution in [3.8, 4) is 0 Å². The van der Waals surface area contributed by atoms with Gasteiger partial charge in [-0.3, -0.25) is 0 Å². The third kappa shape index (κ3) is 8.73. The van der Waals surface area contributed by atoms with Gasteiger partial charge in [-0.1, -0.05) is 0 Å². The zero-order valence-electron chi connectivity index (χ0n) is 25.1. The summed E-state index contributed by atoms with van der Waals surface area (Å²) in [5.74, 6) is -0.0808. The summed E-state index contributed by atoms with van der Waals surface area (Å²) in [4.78, 5) is 28.4. The Morgan fingerprint density at radius 3 is 2.08 bits per heavy atom. The van der Waals surface area contributed by atoms with Crippen LogP contribution in [0.2, 0.25) is 13.3 Å². The maximum atomic E-state index is 13.8. The molecule has 0 fully saturated rings. The molecule has 2 aromatic rings. The van der Waals surface area contributed by atoms with E-state index in [4.69, 9.17) is 4.74 Å². The topological polar surface area (TPSA) is 58.6 Å². The van der Waals surface area contributed by atoms with E-state index in [1.54, 1.807) is 3.58 Å². The maximum absolute atomic E-state index is 13.8. The van der Waals surface area contributed by atoms with Crippen molar-refractivity contribution in [2.24, 2.45) is 0 Å². The average molecular weight is 641 g/mol. The van der Waals surface area contributed by atoms with Crippen LogP contribution in [-0.4, -0.2) is 42.0 Å². The van der Waals surface area contributed by atoms with Crippen LogP contribution in [-0.2, 0) is 22.5 Å². The number of benzene rings is 2. The number of hydrogen-bond donors (Lipinski definition) is 1. The second kappa shape index (κ2) is 14.6. The molecule has 1 atom stereocenters. The van der Waals surface area contributed by atoms with E-state index >= 15 is 0 Å². The quantitative estimate of drug-likeness (QED) is 0.228. The fraction of sp³-hybridized carbons (Fsp3) is 0.576. The van der Waals surface area contributed by atoms with E-state index < -0.39 is 36.1 Å². The van der Waals surface area contributed by atoms with Crippen molar-refractivity contribution in [1.82, 2.24) is 5.32 Å². The molecule has 1 aliphatic rings. The van der Waals surface area contributed by atoms with Gasteiger partial charge in [0, 0.05) is 0 Å². The molecule has 39 heavy (non-hydrogen) atoms. The molecule has 0 saturated carbocycles. The molecule has 6 heteroatoms. The van der Waals surface area contributed by atoms with E-state index in [-0.39, 0.29) is 5.91 Å². The van der Waals surface area contributed by atoms with Gasteiger partial charge in [-0.2, -0.15) is 0 Å². The van der Waals surface area contributed by atoms with Gasteiger partial charge in [0.05, 0.1) is 0 Å². The SMILES string of the molecule is CCC[CH2][Sn]([CH2]CCC)([CH2]CCC)[c]1ccc2c(c1)CC(NC(=O)OC(C)(C)C)C(=O)N2Cc1ccccc1. The van der Waals surface area contributed by atoms with Crippen molar-refractivity contribution in [3.05, 3.63) is 59.7 Å². The number of nitrogens with zero attached hydrogens (tertiary/aromatic N) is 1. The number of amides is 2. The van der Waals surface area contributed by atoms with Crippen LogP contribution >= 0.6 is 0 Å². The molecular weight excluding hydrogens is 591 g/mol. The molecule has 1 N–H and O–H groups in total. The van der Waals surface area contributed by atoms with Crippen LogP contribution in [0.1, 0.15) is 91.2 Å². The third-order valence-electron chi connectivity index (χ3n) is 7.87. The number of unbranched alkanes of at least 4 members (excludes halogenated alkanes) is 3. The summed E-state index contributed by atoms with van der Waals surface area (Å²) in [7, 11) is 0. The molecule has 5 nitrogen and oxygen atoms in total. The van der Waals surface area contributed by atoms with Gasteiger partial charge in [0.25, 0.3) is 0 Å². The predicted octanol–water partition coefficient (Wildman–Crippen LogP) is 7.73. The summed E-state index contributed by atoms with van der Waals surface area (Å²) in [6.07, 6.45) is 7.60. The molecule has 214 valence electrons. The Balaban J connectivity index is 2.03.